The number of rotatable bonds is 13. The first-order valence-corrected chi connectivity index (χ1v) is 14.6. The van der Waals surface area contributed by atoms with Crippen LogP contribution in [0.15, 0.2) is 60.7 Å². The van der Waals surface area contributed by atoms with E-state index in [1.165, 1.54) is 0 Å². The zero-order valence-corrected chi connectivity index (χ0v) is 25.7. The van der Waals surface area contributed by atoms with Crippen molar-refractivity contribution in [3.63, 3.8) is 0 Å². The average molecular weight is 620 g/mol. The van der Waals surface area contributed by atoms with E-state index in [2.05, 4.69) is 19.8 Å². The van der Waals surface area contributed by atoms with Crippen molar-refractivity contribution in [2.75, 3.05) is 33.2 Å². The summed E-state index contributed by atoms with van der Waals surface area (Å²) < 4.78 is 28.3. The van der Waals surface area contributed by atoms with Gasteiger partial charge in [0.1, 0.15) is 6.04 Å². The molecule has 2 aromatic rings. The molecule has 0 saturated carbocycles. The number of benzene rings is 2. The van der Waals surface area contributed by atoms with Crippen LogP contribution in [0.2, 0.25) is 0 Å². The Morgan fingerprint density at radius 3 is 1.93 bits per heavy atom. The summed E-state index contributed by atoms with van der Waals surface area (Å²) in [6, 6.07) is 16.7. The molecule has 3 rings (SSSR count). The van der Waals surface area contributed by atoms with Gasteiger partial charge in [-0.2, -0.15) is 13.1 Å². The molecule has 1 saturated heterocycles. The molecule has 0 bridgehead atoms. The predicted molar refractivity (Wildman–Crippen MR) is 164 cm³/mol. The molecule has 6 N–H and O–H groups in total. The van der Waals surface area contributed by atoms with Crippen LogP contribution in [0.5, 0.6) is 0 Å². The minimum absolute atomic E-state index is 0. The maximum absolute atomic E-state index is 13.4. The number of hydrogen-bond donors (Lipinski definition) is 5. The topological polar surface area (TPSA) is 140 Å². The summed E-state index contributed by atoms with van der Waals surface area (Å²) in [7, 11) is -2.02. The van der Waals surface area contributed by atoms with Crippen LogP contribution >= 0.6 is 24.8 Å². The number of carbonyl (C=O) groups excluding carboxylic acids is 1. The first-order valence-electron chi connectivity index (χ1n) is 13.1. The Morgan fingerprint density at radius 2 is 1.43 bits per heavy atom. The standard InChI is InChI=1S/C27H42N6O4S.2ClH/c1-20(2)25(30-38(36,37)31-33-16-14-32(3)15-17-33)27(35)29-24(19-22-12-8-5-9-13-22)26(34)23(28)18-21-10-6-4-7-11-21;;/h4-13,20,23-26,30-31,34H,14-19,28H2,1-3H3,(H,29,35);2*1H/t23?,24?,25-,26?;;/m0../s1. The van der Waals surface area contributed by atoms with E-state index >= 15 is 0 Å². The van der Waals surface area contributed by atoms with E-state index < -0.39 is 40.3 Å². The molecule has 13 heteroatoms. The highest BCUT2D eigenvalue weighted by Gasteiger charge is 2.33. The molecule has 0 radical (unpaired) electrons. The lowest BCUT2D eigenvalue weighted by Crippen LogP contribution is -2.61. The van der Waals surface area contributed by atoms with Crippen molar-refractivity contribution in [2.24, 2.45) is 11.7 Å². The van der Waals surface area contributed by atoms with Gasteiger partial charge in [0.05, 0.1) is 12.1 Å². The number of aliphatic hydroxyl groups is 1. The van der Waals surface area contributed by atoms with Crippen LogP contribution in [-0.4, -0.2) is 86.8 Å². The number of piperazine rings is 1. The fourth-order valence-electron chi connectivity index (χ4n) is 4.46. The quantitative estimate of drug-likeness (QED) is 0.226. The van der Waals surface area contributed by atoms with Gasteiger partial charge in [-0.25, -0.2) is 5.01 Å². The number of hydrogen-bond acceptors (Lipinski definition) is 7. The second kappa shape index (κ2) is 17.2. The monoisotopic (exact) mass is 618 g/mol. The fraction of sp³-hybridized carbons (Fsp3) is 0.519. The molecule has 226 valence electrons. The van der Waals surface area contributed by atoms with Crippen LogP contribution in [0.4, 0.5) is 0 Å². The summed E-state index contributed by atoms with van der Waals surface area (Å²) in [6.45, 7) is 6.10. The van der Waals surface area contributed by atoms with Gasteiger partial charge in [0.25, 0.3) is 10.2 Å². The summed E-state index contributed by atoms with van der Waals surface area (Å²) in [4.78, 5) is 18.1. The number of likely N-dealkylation sites (N-methyl/N-ethyl adjacent to an activating group) is 1. The van der Waals surface area contributed by atoms with Gasteiger partial charge in [-0.1, -0.05) is 74.5 Å². The Balaban J connectivity index is 0.00000400. The Hall–Kier alpha value is -1.80. The highest BCUT2D eigenvalue weighted by atomic mass is 35.5. The lowest BCUT2D eigenvalue weighted by Gasteiger charge is -2.33. The molecule has 40 heavy (non-hydrogen) atoms. The van der Waals surface area contributed by atoms with Crippen molar-refractivity contribution < 1.29 is 18.3 Å². The molecule has 1 amide bonds. The molecule has 0 aliphatic carbocycles. The van der Waals surface area contributed by atoms with E-state index in [0.29, 0.717) is 25.9 Å². The molecule has 0 aromatic heterocycles. The molecular weight excluding hydrogens is 575 g/mol. The number of carbonyl (C=O) groups is 1. The Bertz CT molecular complexity index is 1110. The van der Waals surface area contributed by atoms with Crippen molar-refractivity contribution in [3.05, 3.63) is 71.8 Å². The Kier molecular flexibility index (Phi) is 15.6. The molecule has 1 aliphatic rings. The summed E-state index contributed by atoms with van der Waals surface area (Å²) in [5.74, 6) is -0.859. The number of amides is 1. The minimum atomic E-state index is -4.00. The fourth-order valence-corrected chi connectivity index (χ4v) is 5.75. The van der Waals surface area contributed by atoms with E-state index in [1.54, 1.807) is 18.9 Å². The Morgan fingerprint density at radius 1 is 0.925 bits per heavy atom. The third-order valence-corrected chi connectivity index (χ3v) is 7.84. The van der Waals surface area contributed by atoms with Crippen LogP contribution < -0.4 is 20.6 Å². The highest BCUT2D eigenvalue weighted by molar-refractivity contribution is 7.87. The number of nitrogens with two attached hydrogens (primary N) is 1. The van der Waals surface area contributed by atoms with Crippen LogP contribution in [0.1, 0.15) is 25.0 Å². The van der Waals surface area contributed by atoms with E-state index in [9.17, 15) is 18.3 Å². The average Bonchev–Trinajstić information content (AvgIpc) is 2.88. The predicted octanol–water partition coefficient (Wildman–Crippen LogP) is 1.10. The minimum Gasteiger partial charge on any atom is -0.389 e. The third kappa shape index (κ3) is 11.6. The van der Waals surface area contributed by atoms with E-state index in [0.717, 1.165) is 24.2 Å². The highest BCUT2D eigenvalue weighted by Crippen LogP contribution is 2.13. The van der Waals surface area contributed by atoms with Gasteiger partial charge in [0.2, 0.25) is 5.91 Å². The van der Waals surface area contributed by atoms with Crippen molar-refractivity contribution in [1.82, 2.24) is 24.8 Å². The molecule has 1 fully saturated rings. The van der Waals surface area contributed by atoms with Gasteiger partial charge in [-0.3, -0.25) is 4.79 Å². The smallest absolute Gasteiger partial charge is 0.290 e. The van der Waals surface area contributed by atoms with E-state index in [-0.39, 0.29) is 30.7 Å². The summed E-state index contributed by atoms with van der Waals surface area (Å²) in [6.07, 6.45) is -0.293. The lowest BCUT2D eigenvalue weighted by molar-refractivity contribution is -0.125. The summed E-state index contributed by atoms with van der Waals surface area (Å²) >= 11 is 0. The van der Waals surface area contributed by atoms with Crippen LogP contribution in [0, 0.1) is 5.92 Å². The van der Waals surface area contributed by atoms with Crippen LogP contribution in [-0.2, 0) is 27.8 Å². The molecule has 10 nitrogen and oxygen atoms in total. The van der Waals surface area contributed by atoms with Gasteiger partial charge in [-0.15, -0.1) is 29.6 Å². The SMILES string of the molecule is CC(C)[C@H](NS(=O)(=O)NN1CCN(C)CC1)C(=O)NC(Cc1ccccc1)C(O)C(N)Cc1ccccc1.Cl.Cl. The van der Waals surface area contributed by atoms with Crippen LogP contribution in [0.3, 0.4) is 0 Å². The zero-order valence-electron chi connectivity index (χ0n) is 23.3. The maximum atomic E-state index is 13.4. The normalized spacial score (nSPS) is 17.6. The molecular formula is C27H44Cl2N6O4S. The van der Waals surface area contributed by atoms with Gasteiger partial charge >= 0.3 is 0 Å². The number of nitrogens with zero attached hydrogens (tertiary/aromatic N) is 2. The van der Waals surface area contributed by atoms with E-state index in [1.807, 2.05) is 67.7 Å². The first kappa shape index (κ1) is 36.2. The number of aliphatic hydroxyl groups excluding tert-OH is 1. The van der Waals surface area contributed by atoms with Crippen LogP contribution in [0.25, 0.3) is 0 Å². The Labute approximate surface area is 251 Å². The number of hydrazine groups is 1. The number of nitrogens with one attached hydrogen (secondary N) is 3. The molecule has 3 unspecified atom stereocenters. The third-order valence-electron chi connectivity index (χ3n) is 6.78. The van der Waals surface area contributed by atoms with Gasteiger partial charge in [0, 0.05) is 32.2 Å². The lowest BCUT2D eigenvalue weighted by atomic mass is 9.92. The second-order valence-corrected chi connectivity index (χ2v) is 11.8. The van der Waals surface area contributed by atoms with Gasteiger partial charge < -0.3 is 21.1 Å². The van der Waals surface area contributed by atoms with Gasteiger partial charge in [-0.05, 0) is 36.9 Å². The van der Waals surface area contributed by atoms with Crippen molar-refractivity contribution in [1.29, 1.82) is 0 Å². The van der Waals surface area contributed by atoms with Gasteiger partial charge in [0.15, 0.2) is 0 Å². The molecule has 2 aromatic carbocycles. The van der Waals surface area contributed by atoms with Crippen molar-refractivity contribution in [2.45, 2.75) is 50.9 Å². The molecule has 1 heterocycles. The molecule has 4 atom stereocenters. The summed E-state index contributed by atoms with van der Waals surface area (Å²) in [5.41, 5.74) is 8.30. The molecule has 0 spiro atoms. The second-order valence-electron chi connectivity index (χ2n) is 10.4. The molecule has 1 aliphatic heterocycles. The zero-order chi connectivity index (χ0) is 27.7. The van der Waals surface area contributed by atoms with Crippen molar-refractivity contribution >= 4 is 40.9 Å². The van der Waals surface area contributed by atoms with Crippen molar-refractivity contribution in [3.8, 4) is 0 Å². The first-order chi connectivity index (χ1) is 18.0. The largest absolute Gasteiger partial charge is 0.389 e. The summed E-state index contributed by atoms with van der Waals surface area (Å²) in [5, 5.41) is 15.8. The number of halogens is 2. The maximum Gasteiger partial charge on any atom is 0.290 e. The van der Waals surface area contributed by atoms with E-state index in [4.69, 9.17) is 5.73 Å².